The highest BCUT2D eigenvalue weighted by Crippen LogP contribution is 2.27. The maximum atomic E-state index is 12.6. The zero-order valence-electron chi connectivity index (χ0n) is 12.1. The lowest BCUT2D eigenvalue weighted by Gasteiger charge is -2.18. The van der Waals surface area contributed by atoms with Gasteiger partial charge in [-0.05, 0) is 30.3 Å². The van der Waals surface area contributed by atoms with E-state index >= 15 is 0 Å². The Hall–Kier alpha value is -1.72. The summed E-state index contributed by atoms with van der Waals surface area (Å²) in [6.07, 6.45) is 0. The minimum atomic E-state index is -0.129. The first-order chi connectivity index (χ1) is 10.0. The summed E-state index contributed by atoms with van der Waals surface area (Å²) in [5, 5.41) is 0. The normalized spacial score (nSPS) is 10.3. The van der Waals surface area contributed by atoms with E-state index in [0.29, 0.717) is 27.9 Å². The van der Waals surface area contributed by atoms with E-state index in [1.807, 2.05) is 12.1 Å². The zero-order chi connectivity index (χ0) is 15.4. The van der Waals surface area contributed by atoms with Gasteiger partial charge in [0, 0.05) is 11.9 Å². The maximum Gasteiger partial charge on any atom is 0.257 e. The number of amides is 1. The van der Waals surface area contributed by atoms with Crippen LogP contribution in [0.1, 0.15) is 15.2 Å². The van der Waals surface area contributed by atoms with Crippen molar-refractivity contribution >= 4 is 28.8 Å². The second-order valence-electron chi connectivity index (χ2n) is 4.43. The number of methoxy groups -OCH3 is 2. The molecular formula is C15H16ClNO3S. The van der Waals surface area contributed by atoms with Crippen LogP contribution in [0.15, 0.2) is 30.3 Å². The van der Waals surface area contributed by atoms with Crippen LogP contribution in [-0.4, -0.2) is 32.1 Å². The Labute approximate surface area is 132 Å². The molecule has 2 rings (SSSR count). The average molecular weight is 326 g/mol. The van der Waals surface area contributed by atoms with Crippen molar-refractivity contribution in [3.05, 3.63) is 45.1 Å². The molecule has 0 unspecified atom stereocenters. The molecule has 0 fully saturated rings. The van der Waals surface area contributed by atoms with Crippen molar-refractivity contribution in [2.75, 3.05) is 21.3 Å². The van der Waals surface area contributed by atoms with Crippen LogP contribution in [0.5, 0.6) is 11.5 Å². The van der Waals surface area contributed by atoms with Gasteiger partial charge in [-0.15, -0.1) is 11.3 Å². The Morgan fingerprint density at radius 1 is 1.24 bits per heavy atom. The SMILES string of the molecule is COc1ccc(OC)c(C(=O)N(C)Cc2ccc(Cl)s2)c1. The van der Waals surface area contributed by atoms with Gasteiger partial charge >= 0.3 is 0 Å². The molecular weight excluding hydrogens is 310 g/mol. The van der Waals surface area contributed by atoms with Crippen LogP contribution >= 0.6 is 22.9 Å². The first-order valence-electron chi connectivity index (χ1n) is 6.27. The minimum absolute atomic E-state index is 0.129. The molecule has 1 heterocycles. The molecule has 0 spiro atoms. The number of thiophene rings is 1. The lowest BCUT2D eigenvalue weighted by molar-refractivity contribution is 0.0782. The third kappa shape index (κ3) is 3.68. The molecule has 21 heavy (non-hydrogen) atoms. The summed E-state index contributed by atoms with van der Waals surface area (Å²) in [6.45, 7) is 0.497. The average Bonchev–Trinajstić information content (AvgIpc) is 2.90. The van der Waals surface area contributed by atoms with Gasteiger partial charge in [-0.3, -0.25) is 4.79 Å². The minimum Gasteiger partial charge on any atom is -0.497 e. The molecule has 2 aromatic rings. The van der Waals surface area contributed by atoms with Gasteiger partial charge < -0.3 is 14.4 Å². The molecule has 1 aromatic heterocycles. The predicted octanol–water partition coefficient (Wildman–Crippen LogP) is 3.69. The van der Waals surface area contributed by atoms with Crippen molar-refractivity contribution in [3.63, 3.8) is 0 Å². The molecule has 112 valence electrons. The highest BCUT2D eigenvalue weighted by molar-refractivity contribution is 7.16. The zero-order valence-corrected chi connectivity index (χ0v) is 13.6. The molecule has 0 radical (unpaired) electrons. The van der Waals surface area contributed by atoms with Crippen molar-refractivity contribution in [2.45, 2.75) is 6.54 Å². The van der Waals surface area contributed by atoms with Gasteiger partial charge in [0.05, 0.1) is 30.7 Å². The number of ether oxygens (including phenoxy) is 2. The fraction of sp³-hybridized carbons (Fsp3) is 0.267. The van der Waals surface area contributed by atoms with Crippen LogP contribution in [0, 0.1) is 0 Å². The van der Waals surface area contributed by atoms with Gasteiger partial charge in [0.1, 0.15) is 11.5 Å². The molecule has 1 amide bonds. The molecule has 0 saturated carbocycles. The number of hydrogen-bond acceptors (Lipinski definition) is 4. The molecule has 0 atom stereocenters. The lowest BCUT2D eigenvalue weighted by atomic mass is 10.1. The molecule has 0 N–H and O–H groups in total. The second kappa shape index (κ2) is 6.83. The molecule has 1 aromatic carbocycles. The highest BCUT2D eigenvalue weighted by atomic mass is 35.5. The van der Waals surface area contributed by atoms with E-state index in [4.69, 9.17) is 21.1 Å². The Balaban J connectivity index is 2.21. The summed E-state index contributed by atoms with van der Waals surface area (Å²) in [5.41, 5.74) is 0.474. The highest BCUT2D eigenvalue weighted by Gasteiger charge is 2.18. The van der Waals surface area contributed by atoms with Crippen LogP contribution in [0.3, 0.4) is 0 Å². The van der Waals surface area contributed by atoms with Gasteiger partial charge in [-0.1, -0.05) is 11.6 Å². The Morgan fingerprint density at radius 3 is 2.57 bits per heavy atom. The van der Waals surface area contributed by atoms with E-state index in [1.54, 1.807) is 37.3 Å². The first kappa shape index (κ1) is 15.7. The number of nitrogens with zero attached hydrogens (tertiary/aromatic N) is 1. The second-order valence-corrected chi connectivity index (χ2v) is 6.23. The van der Waals surface area contributed by atoms with Crippen molar-refractivity contribution in [2.24, 2.45) is 0 Å². The van der Waals surface area contributed by atoms with E-state index in [1.165, 1.54) is 18.4 Å². The fourth-order valence-electron chi connectivity index (χ4n) is 1.93. The van der Waals surface area contributed by atoms with Gasteiger partial charge in [0.2, 0.25) is 0 Å². The van der Waals surface area contributed by atoms with Crippen molar-refractivity contribution in [1.29, 1.82) is 0 Å². The molecule has 6 heteroatoms. The molecule has 0 aliphatic heterocycles. The van der Waals surface area contributed by atoms with Crippen LogP contribution in [0.25, 0.3) is 0 Å². The van der Waals surface area contributed by atoms with E-state index in [9.17, 15) is 4.79 Å². The predicted molar refractivity (Wildman–Crippen MR) is 84.7 cm³/mol. The van der Waals surface area contributed by atoms with Crippen LogP contribution in [0.4, 0.5) is 0 Å². The standard InChI is InChI=1S/C15H16ClNO3S/c1-17(9-11-5-7-14(16)21-11)15(18)12-8-10(19-2)4-6-13(12)20-3/h4-8H,9H2,1-3H3. The summed E-state index contributed by atoms with van der Waals surface area (Å²) in [5.74, 6) is 1.01. The van der Waals surface area contributed by atoms with Gasteiger partial charge in [-0.25, -0.2) is 0 Å². The molecule has 0 aliphatic rings. The van der Waals surface area contributed by atoms with Gasteiger partial charge in [0.15, 0.2) is 0 Å². The van der Waals surface area contributed by atoms with E-state index in [0.717, 1.165) is 4.88 Å². The number of carbonyl (C=O) groups is 1. The van der Waals surface area contributed by atoms with Crippen molar-refractivity contribution < 1.29 is 14.3 Å². The third-order valence-corrected chi connectivity index (χ3v) is 4.22. The quantitative estimate of drug-likeness (QED) is 0.841. The van der Waals surface area contributed by atoms with Crippen LogP contribution in [0.2, 0.25) is 4.34 Å². The monoisotopic (exact) mass is 325 g/mol. The van der Waals surface area contributed by atoms with E-state index in [2.05, 4.69) is 0 Å². The molecule has 0 bridgehead atoms. The van der Waals surface area contributed by atoms with E-state index < -0.39 is 0 Å². The van der Waals surface area contributed by atoms with E-state index in [-0.39, 0.29) is 5.91 Å². The largest absolute Gasteiger partial charge is 0.497 e. The fourth-order valence-corrected chi connectivity index (χ4v) is 3.07. The first-order valence-corrected chi connectivity index (χ1v) is 7.46. The summed E-state index contributed by atoms with van der Waals surface area (Å²) >= 11 is 7.37. The molecule has 0 saturated heterocycles. The number of rotatable bonds is 5. The molecule has 0 aliphatic carbocycles. The topological polar surface area (TPSA) is 38.8 Å². The molecule has 4 nitrogen and oxygen atoms in total. The van der Waals surface area contributed by atoms with Crippen LogP contribution < -0.4 is 9.47 Å². The number of hydrogen-bond donors (Lipinski definition) is 0. The van der Waals surface area contributed by atoms with Gasteiger partial charge in [-0.2, -0.15) is 0 Å². The Kier molecular flexibility index (Phi) is 5.09. The van der Waals surface area contributed by atoms with Crippen molar-refractivity contribution in [3.8, 4) is 11.5 Å². The number of halogens is 1. The smallest absolute Gasteiger partial charge is 0.257 e. The van der Waals surface area contributed by atoms with Crippen molar-refractivity contribution in [1.82, 2.24) is 4.90 Å². The Morgan fingerprint density at radius 2 is 2.00 bits per heavy atom. The summed E-state index contributed by atoms with van der Waals surface area (Å²) in [7, 11) is 4.85. The lowest BCUT2D eigenvalue weighted by Crippen LogP contribution is -2.26. The Bertz CT molecular complexity index is 642. The summed E-state index contributed by atoms with van der Waals surface area (Å²) in [6, 6.07) is 8.90. The van der Waals surface area contributed by atoms with Gasteiger partial charge in [0.25, 0.3) is 5.91 Å². The summed E-state index contributed by atoms with van der Waals surface area (Å²) < 4.78 is 11.1. The van der Waals surface area contributed by atoms with Crippen LogP contribution in [-0.2, 0) is 6.54 Å². The number of benzene rings is 1. The third-order valence-electron chi connectivity index (χ3n) is 3.01. The number of carbonyl (C=O) groups excluding carboxylic acids is 1. The maximum absolute atomic E-state index is 12.6. The summed E-state index contributed by atoms with van der Waals surface area (Å²) in [4.78, 5) is 15.2.